The Morgan fingerprint density at radius 2 is 1.92 bits per heavy atom. The highest BCUT2D eigenvalue weighted by molar-refractivity contribution is 5.93. The number of amides is 1. The van der Waals surface area contributed by atoms with Crippen LogP contribution < -0.4 is 0 Å². The molecule has 1 aromatic heterocycles. The van der Waals surface area contributed by atoms with Crippen LogP contribution in [0.4, 0.5) is 0 Å². The van der Waals surface area contributed by atoms with E-state index in [4.69, 9.17) is 4.74 Å². The highest BCUT2D eigenvalue weighted by Gasteiger charge is 2.30. The molecule has 0 aliphatic carbocycles. The van der Waals surface area contributed by atoms with Crippen molar-refractivity contribution in [2.75, 3.05) is 6.54 Å². The molecule has 5 heteroatoms. The highest BCUT2D eigenvalue weighted by atomic mass is 16.5. The molecule has 0 saturated carbocycles. The van der Waals surface area contributed by atoms with Crippen LogP contribution in [0.3, 0.4) is 0 Å². The van der Waals surface area contributed by atoms with Gasteiger partial charge in [0.1, 0.15) is 0 Å². The van der Waals surface area contributed by atoms with Crippen LogP contribution in [-0.2, 0) is 18.0 Å². The molecule has 0 saturated heterocycles. The monoisotopic (exact) mass is 341 g/mol. The van der Waals surface area contributed by atoms with Gasteiger partial charge in [-0.3, -0.25) is 4.79 Å². The van der Waals surface area contributed by atoms with Crippen LogP contribution in [0.25, 0.3) is 11.3 Å². The van der Waals surface area contributed by atoms with Crippen molar-refractivity contribution >= 4 is 5.91 Å². The number of carbonyl (C=O) groups excluding carboxylic acids is 1. The number of rotatable bonds is 6. The number of imidazole rings is 1. The Morgan fingerprint density at radius 1 is 1.20 bits per heavy atom. The SMILES string of the molecule is CCCCN1Cn2c(-c3ccc(COC(C)(C)C)cc3)cnc2C1=O. The fraction of sp³-hybridized carbons (Fsp3) is 0.500. The molecule has 0 atom stereocenters. The third-order valence-corrected chi connectivity index (χ3v) is 4.35. The molecule has 1 aromatic carbocycles. The molecule has 1 aliphatic heterocycles. The van der Waals surface area contributed by atoms with Crippen LogP contribution >= 0.6 is 0 Å². The van der Waals surface area contributed by atoms with E-state index in [1.54, 1.807) is 6.20 Å². The predicted octanol–water partition coefficient (Wildman–Crippen LogP) is 4.08. The van der Waals surface area contributed by atoms with Crippen molar-refractivity contribution in [1.29, 1.82) is 0 Å². The Kier molecular flexibility index (Phi) is 4.95. The Balaban J connectivity index is 1.74. The lowest BCUT2D eigenvalue weighted by Crippen LogP contribution is -2.25. The summed E-state index contributed by atoms with van der Waals surface area (Å²) in [6.07, 6.45) is 3.90. The second-order valence-electron chi connectivity index (χ2n) is 7.56. The largest absolute Gasteiger partial charge is 0.371 e. The van der Waals surface area contributed by atoms with Crippen molar-refractivity contribution in [3.63, 3.8) is 0 Å². The molecule has 134 valence electrons. The van der Waals surface area contributed by atoms with Gasteiger partial charge in [-0.2, -0.15) is 0 Å². The Morgan fingerprint density at radius 3 is 2.56 bits per heavy atom. The summed E-state index contributed by atoms with van der Waals surface area (Å²) in [7, 11) is 0. The zero-order valence-corrected chi connectivity index (χ0v) is 15.6. The molecule has 5 nitrogen and oxygen atoms in total. The van der Waals surface area contributed by atoms with E-state index in [-0.39, 0.29) is 11.5 Å². The molecular formula is C20H27N3O2. The maximum atomic E-state index is 12.4. The molecule has 1 aliphatic rings. The summed E-state index contributed by atoms with van der Waals surface area (Å²) in [6.45, 7) is 10.3. The molecule has 1 amide bonds. The van der Waals surface area contributed by atoms with Crippen LogP contribution in [0.1, 0.15) is 56.7 Å². The van der Waals surface area contributed by atoms with Crippen LogP contribution in [-0.4, -0.2) is 32.5 Å². The molecule has 2 aromatic rings. The lowest BCUT2D eigenvalue weighted by atomic mass is 10.1. The lowest BCUT2D eigenvalue weighted by molar-refractivity contribution is -0.0149. The quantitative estimate of drug-likeness (QED) is 0.795. The van der Waals surface area contributed by atoms with E-state index in [2.05, 4.69) is 56.9 Å². The van der Waals surface area contributed by atoms with Gasteiger partial charge in [0.2, 0.25) is 5.82 Å². The summed E-state index contributed by atoms with van der Waals surface area (Å²) in [5, 5.41) is 0. The summed E-state index contributed by atoms with van der Waals surface area (Å²) < 4.78 is 7.83. The van der Waals surface area contributed by atoms with Crippen molar-refractivity contribution in [3.05, 3.63) is 41.9 Å². The van der Waals surface area contributed by atoms with Crippen LogP contribution in [0, 0.1) is 0 Å². The van der Waals surface area contributed by atoms with E-state index in [1.165, 1.54) is 0 Å². The summed E-state index contributed by atoms with van der Waals surface area (Å²) in [6, 6.07) is 8.30. The number of hydrogen-bond acceptors (Lipinski definition) is 3. The van der Waals surface area contributed by atoms with E-state index in [9.17, 15) is 4.79 Å². The van der Waals surface area contributed by atoms with Crippen molar-refractivity contribution in [3.8, 4) is 11.3 Å². The van der Waals surface area contributed by atoms with Crippen molar-refractivity contribution < 1.29 is 9.53 Å². The van der Waals surface area contributed by atoms with E-state index in [0.717, 1.165) is 36.2 Å². The predicted molar refractivity (Wildman–Crippen MR) is 98.1 cm³/mol. The highest BCUT2D eigenvalue weighted by Crippen LogP contribution is 2.26. The van der Waals surface area contributed by atoms with Crippen LogP contribution in [0.2, 0.25) is 0 Å². The van der Waals surface area contributed by atoms with Gasteiger partial charge in [0.15, 0.2) is 0 Å². The van der Waals surface area contributed by atoms with Gasteiger partial charge in [-0.15, -0.1) is 0 Å². The first kappa shape index (κ1) is 17.7. The normalized spacial score (nSPS) is 14.2. The number of unbranched alkanes of at least 4 members (excludes halogenated alkanes) is 1. The maximum absolute atomic E-state index is 12.4. The molecule has 0 fully saturated rings. The van der Waals surface area contributed by atoms with Gasteiger partial charge in [-0.05, 0) is 38.3 Å². The topological polar surface area (TPSA) is 47.4 Å². The van der Waals surface area contributed by atoms with Crippen LogP contribution in [0.15, 0.2) is 30.5 Å². The Bertz CT molecular complexity index is 741. The smallest absolute Gasteiger partial charge is 0.291 e. The van der Waals surface area contributed by atoms with Crippen molar-refractivity contribution in [1.82, 2.24) is 14.5 Å². The van der Waals surface area contributed by atoms with E-state index >= 15 is 0 Å². The minimum absolute atomic E-state index is 0.0369. The molecular weight excluding hydrogens is 314 g/mol. The Labute approximate surface area is 149 Å². The summed E-state index contributed by atoms with van der Waals surface area (Å²) in [4.78, 5) is 18.6. The third kappa shape index (κ3) is 3.93. The molecule has 0 spiro atoms. The third-order valence-electron chi connectivity index (χ3n) is 4.35. The molecule has 25 heavy (non-hydrogen) atoms. The van der Waals surface area contributed by atoms with Gasteiger partial charge >= 0.3 is 0 Å². The van der Waals surface area contributed by atoms with E-state index < -0.39 is 0 Å². The molecule has 0 unspecified atom stereocenters. The minimum Gasteiger partial charge on any atom is -0.371 e. The van der Waals surface area contributed by atoms with Gasteiger partial charge in [-0.25, -0.2) is 4.98 Å². The second-order valence-corrected chi connectivity index (χ2v) is 7.56. The van der Waals surface area contributed by atoms with Crippen molar-refractivity contribution in [2.24, 2.45) is 0 Å². The van der Waals surface area contributed by atoms with Crippen molar-refractivity contribution in [2.45, 2.75) is 59.4 Å². The van der Waals surface area contributed by atoms with Gasteiger partial charge in [0, 0.05) is 6.54 Å². The fourth-order valence-corrected chi connectivity index (χ4v) is 2.89. The number of ether oxygens (including phenoxy) is 1. The second kappa shape index (κ2) is 7.00. The first-order valence-corrected chi connectivity index (χ1v) is 8.97. The molecule has 0 bridgehead atoms. The fourth-order valence-electron chi connectivity index (χ4n) is 2.89. The zero-order valence-electron chi connectivity index (χ0n) is 15.6. The van der Waals surface area contributed by atoms with E-state index in [1.807, 2.05) is 9.47 Å². The number of hydrogen-bond donors (Lipinski definition) is 0. The summed E-state index contributed by atoms with van der Waals surface area (Å²) >= 11 is 0. The van der Waals surface area contributed by atoms with Gasteiger partial charge in [-0.1, -0.05) is 37.6 Å². The zero-order chi connectivity index (χ0) is 18.0. The summed E-state index contributed by atoms with van der Waals surface area (Å²) in [5.74, 6) is 0.584. The number of benzene rings is 1. The number of nitrogens with zero attached hydrogens (tertiary/aromatic N) is 3. The molecule has 2 heterocycles. The number of fused-ring (bicyclic) bond motifs is 1. The van der Waals surface area contributed by atoms with Crippen LogP contribution in [0.5, 0.6) is 0 Å². The van der Waals surface area contributed by atoms with E-state index in [0.29, 0.717) is 19.1 Å². The average molecular weight is 341 g/mol. The average Bonchev–Trinajstić information content (AvgIpc) is 3.11. The number of aromatic nitrogens is 2. The Hall–Kier alpha value is -2.14. The van der Waals surface area contributed by atoms with Gasteiger partial charge in [0.25, 0.3) is 5.91 Å². The minimum atomic E-state index is -0.146. The molecule has 3 rings (SSSR count). The lowest BCUT2D eigenvalue weighted by Gasteiger charge is -2.19. The first-order chi connectivity index (χ1) is 11.9. The van der Waals surface area contributed by atoms with Gasteiger partial charge in [0.05, 0.1) is 30.8 Å². The first-order valence-electron chi connectivity index (χ1n) is 8.97. The van der Waals surface area contributed by atoms with Gasteiger partial charge < -0.3 is 14.2 Å². The standard InChI is InChI=1S/C20H27N3O2/c1-5-6-11-22-14-23-17(12-21-18(23)19(22)24)16-9-7-15(8-10-16)13-25-20(2,3)4/h7-10,12H,5-6,11,13-14H2,1-4H3. The maximum Gasteiger partial charge on any atom is 0.291 e. The molecule has 0 radical (unpaired) electrons. The number of carbonyl (C=O) groups is 1. The summed E-state index contributed by atoms with van der Waals surface area (Å²) in [5.41, 5.74) is 3.06. The molecule has 0 N–H and O–H groups in total.